The number of rotatable bonds is 10. The molecule has 2 aromatic rings. The number of amides is 1. The zero-order valence-corrected chi connectivity index (χ0v) is 14.5. The van der Waals surface area contributed by atoms with Gasteiger partial charge in [0.15, 0.2) is 6.54 Å². The van der Waals surface area contributed by atoms with Gasteiger partial charge < -0.3 is 19.4 Å². The van der Waals surface area contributed by atoms with Crippen molar-refractivity contribution in [1.82, 2.24) is 4.90 Å². The Balaban J connectivity index is 1.93. The van der Waals surface area contributed by atoms with E-state index in [1.165, 1.54) is 5.56 Å². The van der Waals surface area contributed by atoms with E-state index in [9.17, 15) is 4.79 Å². The first-order valence-electron chi connectivity index (χ1n) is 8.36. The van der Waals surface area contributed by atoms with Crippen LogP contribution in [0.3, 0.4) is 0 Å². The van der Waals surface area contributed by atoms with E-state index in [-0.39, 0.29) is 5.91 Å². The quantitative estimate of drug-likeness (QED) is 0.669. The van der Waals surface area contributed by atoms with Crippen LogP contribution in [0, 0.1) is 6.92 Å². The number of carbonyl (C=O) groups excluding carboxylic acids is 1. The van der Waals surface area contributed by atoms with E-state index in [1.807, 2.05) is 47.5 Å². The van der Waals surface area contributed by atoms with Gasteiger partial charge in [0.2, 0.25) is 0 Å². The number of nitrogens with zero attached hydrogens (tertiary/aromatic N) is 1. The maximum Gasteiger partial charge on any atom is 0.278 e. The van der Waals surface area contributed by atoms with Gasteiger partial charge in [0.05, 0.1) is 19.7 Å². The Morgan fingerprint density at radius 3 is 2.67 bits per heavy atom. The molecule has 2 rings (SSSR count). The molecule has 0 radical (unpaired) electrons. The van der Waals surface area contributed by atoms with Gasteiger partial charge in [0.25, 0.3) is 5.91 Å². The Kier molecular flexibility index (Phi) is 7.52. The van der Waals surface area contributed by atoms with Crippen molar-refractivity contribution in [1.29, 1.82) is 0 Å². The summed E-state index contributed by atoms with van der Waals surface area (Å²) in [5, 5.41) is 1.98. The van der Waals surface area contributed by atoms with E-state index < -0.39 is 0 Å². The molecule has 5 nitrogen and oxygen atoms in total. The van der Waals surface area contributed by atoms with Gasteiger partial charge in [-0.05, 0) is 31.0 Å². The minimum absolute atomic E-state index is 0.121. The third-order valence-corrected chi connectivity index (χ3v) is 3.85. The van der Waals surface area contributed by atoms with E-state index in [0.717, 1.165) is 24.5 Å². The molecule has 130 valence electrons. The molecule has 0 aliphatic heterocycles. The van der Waals surface area contributed by atoms with Crippen LogP contribution in [0.1, 0.15) is 17.1 Å². The zero-order valence-electron chi connectivity index (χ0n) is 14.5. The third kappa shape index (κ3) is 6.18. The average molecular weight is 331 g/mol. The molecule has 0 saturated carbocycles. The molecular formula is C19H27N2O3+. The molecule has 0 spiro atoms. The van der Waals surface area contributed by atoms with Crippen LogP contribution in [0.2, 0.25) is 0 Å². The van der Waals surface area contributed by atoms with Gasteiger partial charge in [0, 0.05) is 13.7 Å². The Bertz CT molecular complexity index is 610. The lowest BCUT2D eigenvalue weighted by Crippen LogP contribution is -2.87. The summed E-state index contributed by atoms with van der Waals surface area (Å²) in [6.07, 6.45) is 0.838. The highest BCUT2D eigenvalue weighted by atomic mass is 16.5. The normalized spacial score (nSPS) is 10.8. The fourth-order valence-electron chi connectivity index (χ4n) is 2.51. The molecule has 0 aliphatic carbocycles. The van der Waals surface area contributed by atoms with Crippen molar-refractivity contribution in [3.05, 3.63) is 59.5 Å². The third-order valence-electron chi connectivity index (χ3n) is 3.85. The van der Waals surface area contributed by atoms with Crippen molar-refractivity contribution in [3.63, 3.8) is 0 Å². The summed E-state index contributed by atoms with van der Waals surface area (Å²) in [6, 6.07) is 14.1. The summed E-state index contributed by atoms with van der Waals surface area (Å²) >= 11 is 0. The monoisotopic (exact) mass is 331 g/mol. The van der Waals surface area contributed by atoms with Gasteiger partial charge in [-0.1, -0.05) is 30.3 Å². The lowest BCUT2D eigenvalue weighted by Gasteiger charge is -2.21. The number of ether oxygens (including phenoxy) is 1. The fourth-order valence-corrected chi connectivity index (χ4v) is 2.51. The highest BCUT2D eigenvalue weighted by Gasteiger charge is 2.17. The number of methoxy groups -OCH3 is 1. The first kappa shape index (κ1) is 18.2. The smallest absolute Gasteiger partial charge is 0.278 e. The predicted octanol–water partition coefficient (Wildman–Crippen LogP) is 1.37. The number of nitrogens with two attached hydrogens (primary N) is 1. The molecule has 24 heavy (non-hydrogen) atoms. The lowest BCUT2D eigenvalue weighted by molar-refractivity contribution is -0.646. The maximum atomic E-state index is 12.6. The summed E-state index contributed by atoms with van der Waals surface area (Å²) in [6.45, 7) is 4.97. The Morgan fingerprint density at radius 1 is 1.21 bits per heavy atom. The summed E-state index contributed by atoms with van der Waals surface area (Å²) in [4.78, 5) is 14.4. The van der Waals surface area contributed by atoms with Crippen LogP contribution in [0.15, 0.2) is 46.9 Å². The highest BCUT2D eigenvalue weighted by molar-refractivity contribution is 5.76. The van der Waals surface area contributed by atoms with Gasteiger partial charge in [-0.25, -0.2) is 0 Å². The number of benzene rings is 1. The van der Waals surface area contributed by atoms with Crippen LogP contribution in [0.4, 0.5) is 0 Å². The molecule has 0 bridgehead atoms. The first-order chi connectivity index (χ1) is 11.7. The zero-order chi connectivity index (χ0) is 17.2. The topological polar surface area (TPSA) is 59.3 Å². The van der Waals surface area contributed by atoms with Crippen LogP contribution in [0.5, 0.6) is 0 Å². The molecule has 1 aromatic heterocycles. The number of aryl methyl sites for hydroxylation is 1. The predicted molar refractivity (Wildman–Crippen MR) is 92.5 cm³/mol. The van der Waals surface area contributed by atoms with Gasteiger partial charge >= 0.3 is 0 Å². The van der Waals surface area contributed by atoms with Crippen molar-refractivity contribution in [3.8, 4) is 0 Å². The minimum Gasteiger partial charge on any atom is -0.464 e. The van der Waals surface area contributed by atoms with Gasteiger partial charge in [-0.3, -0.25) is 4.79 Å². The largest absolute Gasteiger partial charge is 0.464 e. The summed E-state index contributed by atoms with van der Waals surface area (Å²) in [7, 11) is 1.67. The van der Waals surface area contributed by atoms with Gasteiger partial charge in [0.1, 0.15) is 11.5 Å². The Labute approximate surface area is 143 Å². The molecule has 0 saturated heterocycles. The standard InChI is InChI=1S/C19H26N2O3/c1-16-8-9-18(24-16)15-21(19(22)14-20-11-13-23-2)12-10-17-6-4-3-5-7-17/h3-9,20H,10-15H2,1-2H3/p+1. The summed E-state index contributed by atoms with van der Waals surface area (Å²) in [5.74, 6) is 1.81. The van der Waals surface area contributed by atoms with Crippen LogP contribution in [-0.4, -0.2) is 44.2 Å². The van der Waals surface area contributed by atoms with Crippen molar-refractivity contribution in [2.24, 2.45) is 0 Å². The lowest BCUT2D eigenvalue weighted by atomic mass is 10.1. The van der Waals surface area contributed by atoms with Crippen molar-refractivity contribution >= 4 is 5.91 Å². The van der Waals surface area contributed by atoms with E-state index in [1.54, 1.807) is 7.11 Å². The molecular weight excluding hydrogens is 304 g/mol. The Hall–Kier alpha value is -2.11. The Morgan fingerprint density at radius 2 is 2.00 bits per heavy atom. The summed E-state index contributed by atoms with van der Waals surface area (Å²) < 4.78 is 10.7. The molecule has 1 heterocycles. The second-order valence-corrected chi connectivity index (χ2v) is 5.84. The molecule has 2 N–H and O–H groups in total. The second-order valence-electron chi connectivity index (χ2n) is 5.84. The molecule has 0 atom stereocenters. The van der Waals surface area contributed by atoms with Gasteiger partial charge in [-0.15, -0.1) is 0 Å². The van der Waals surface area contributed by atoms with Crippen LogP contribution >= 0.6 is 0 Å². The van der Waals surface area contributed by atoms with Crippen LogP contribution in [0.25, 0.3) is 0 Å². The van der Waals surface area contributed by atoms with E-state index in [4.69, 9.17) is 9.15 Å². The SMILES string of the molecule is COCC[NH2+]CC(=O)N(CCc1ccccc1)Cc1ccc(C)o1. The van der Waals surface area contributed by atoms with Crippen molar-refractivity contribution < 1.29 is 19.3 Å². The van der Waals surface area contributed by atoms with E-state index >= 15 is 0 Å². The number of hydrogen-bond donors (Lipinski definition) is 1. The number of hydrogen-bond acceptors (Lipinski definition) is 3. The van der Waals surface area contributed by atoms with Crippen molar-refractivity contribution in [2.75, 3.05) is 33.4 Å². The second kappa shape index (κ2) is 9.90. The molecule has 5 heteroatoms. The van der Waals surface area contributed by atoms with E-state index in [0.29, 0.717) is 26.2 Å². The van der Waals surface area contributed by atoms with Crippen LogP contribution < -0.4 is 5.32 Å². The molecule has 0 fully saturated rings. The molecule has 1 aromatic carbocycles. The van der Waals surface area contributed by atoms with Crippen LogP contribution in [-0.2, 0) is 22.5 Å². The molecule has 1 amide bonds. The van der Waals surface area contributed by atoms with E-state index in [2.05, 4.69) is 12.1 Å². The summed E-state index contributed by atoms with van der Waals surface area (Å²) in [5.41, 5.74) is 1.23. The minimum atomic E-state index is 0.121. The number of furan rings is 1. The van der Waals surface area contributed by atoms with Gasteiger partial charge in [-0.2, -0.15) is 0 Å². The molecule has 0 unspecified atom stereocenters. The molecule has 0 aliphatic rings. The maximum absolute atomic E-state index is 12.6. The number of carbonyl (C=O) groups is 1. The first-order valence-corrected chi connectivity index (χ1v) is 8.36. The number of quaternary nitrogens is 1. The fraction of sp³-hybridized carbons (Fsp3) is 0.421. The highest BCUT2D eigenvalue weighted by Crippen LogP contribution is 2.11. The average Bonchev–Trinajstić information content (AvgIpc) is 3.01. The van der Waals surface area contributed by atoms with Crippen molar-refractivity contribution in [2.45, 2.75) is 19.9 Å².